The van der Waals surface area contributed by atoms with Crippen molar-refractivity contribution in [3.8, 4) is 11.9 Å². The van der Waals surface area contributed by atoms with Gasteiger partial charge in [0, 0.05) is 31.8 Å². The molecule has 11 heteroatoms. The van der Waals surface area contributed by atoms with E-state index in [0.717, 1.165) is 12.1 Å². The molecular formula is C17H19F3N4O3S. The topological polar surface area (TPSA) is 95.2 Å². The summed E-state index contributed by atoms with van der Waals surface area (Å²) in [4.78, 5) is 6.75. The van der Waals surface area contributed by atoms with E-state index < -0.39 is 39.3 Å². The lowest BCUT2D eigenvalue weighted by atomic mass is 9.85. The Morgan fingerprint density at radius 2 is 2.07 bits per heavy atom. The zero-order valence-electron chi connectivity index (χ0n) is 15.4. The van der Waals surface area contributed by atoms with Crippen molar-refractivity contribution in [3.63, 3.8) is 0 Å². The summed E-state index contributed by atoms with van der Waals surface area (Å²) in [6.07, 6.45) is 0.578. The number of hydrogen-bond donors (Lipinski definition) is 1. The van der Waals surface area contributed by atoms with E-state index in [1.165, 1.54) is 6.07 Å². The molecule has 1 N–H and O–H groups in total. The van der Waals surface area contributed by atoms with Gasteiger partial charge in [0.1, 0.15) is 17.5 Å². The molecular weight excluding hydrogens is 397 g/mol. The number of likely N-dealkylation sites (N-methyl/N-ethyl adjacent to an activating group) is 1. The number of hydrogen-bond acceptors (Lipinski definition) is 5. The molecule has 3 atom stereocenters. The third kappa shape index (κ3) is 3.47. The summed E-state index contributed by atoms with van der Waals surface area (Å²) in [5.74, 6) is 0.589. The van der Waals surface area contributed by atoms with E-state index in [4.69, 9.17) is 10.00 Å². The van der Waals surface area contributed by atoms with E-state index >= 15 is 0 Å². The molecule has 0 amide bonds. The van der Waals surface area contributed by atoms with Gasteiger partial charge in [-0.25, -0.2) is 0 Å². The predicted octanol–water partition coefficient (Wildman–Crippen LogP) is 1.97. The number of fused-ring (bicyclic) bond motifs is 1. The van der Waals surface area contributed by atoms with Crippen LogP contribution < -0.4 is 4.74 Å². The summed E-state index contributed by atoms with van der Waals surface area (Å²) in [5, 5.41) is 19.9. The Morgan fingerprint density at radius 1 is 1.39 bits per heavy atom. The van der Waals surface area contributed by atoms with E-state index in [-0.39, 0.29) is 11.3 Å². The number of halogens is 3. The van der Waals surface area contributed by atoms with Crippen LogP contribution in [0.5, 0.6) is 5.75 Å². The second-order valence-corrected chi connectivity index (χ2v) is 8.61. The van der Waals surface area contributed by atoms with Gasteiger partial charge in [-0.3, -0.25) is 0 Å². The van der Waals surface area contributed by atoms with E-state index in [0.29, 0.717) is 19.0 Å². The fourth-order valence-electron chi connectivity index (χ4n) is 3.47. The predicted molar refractivity (Wildman–Crippen MR) is 94.7 cm³/mol. The first-order valence-corrected chi connectivity index (χ1v) is 9.56. The fraction of sp³-hybridized carbons (Fsp3) is 0.529. The summed E-state index contributed by atoms with van der Waals surface area (Å²) in [5.41, 5.74) is -5.68. The van der Waals surface area contributed by atoms with E-state index in [1.807, 2.05) is 0 Å². The van der Waals surface area contributed by atoms with Crippen LogP contribution in [0, 0.1) is 11.5 Å². The third-order valence-corrected chi connectivity index (χ3v) is 5.97. The van der Waals surface area contributed by atoms with Crippen LogP contribution in [0.2, 0.25) is 0 Å². The average Bonchev–Trinajstić information content (AvgIpc) is 2.95. The first kappa shape index (κ1) is 20.6. The van der Waals surface area contributed by atoms with Crippen LogP contribution in [0.1, 0.15) is 25.5 Å². The van der Waals surface area contributed by atoms with Crippen LogP contribution in [0.3, 0.4) is 0 Å². The Bertz CT molecular complexity index is 840. The number of aliphatic hydroxyl groups excluding tert-OH is 1. The van der Waals surface area contributed by atoms with Gasteiger partial charge >= 0.3 is 5.51 Å². The number of benzene rings is 1. The molecule has 1 aromatic carbocycles. The monoisotopic (exact) mass is 416 g/mol. The van der Waals surface area contributed by atoms with Crippen molar-refractivity contribution >= 4 is 17.1 Å². The lowest BCUT2D eigenvalue weighted by Gasteiger charge is -2.45. The van der Waals surface area contributed by atoms with Crippen molar-refractivity contribution in [1.29, 1.82) is 5.26 Å². The summed E-state index contributed by atoms with van der Waals surface area (Å²) >= 11 is -3.21. The molecule has 2 aliphatic rings. The van der Waals surface area contributed by atoms with Gasteiger partial charge in [-0.05, 0) is 26.0 Å². The molecule has 7 nitrogen and oxygen atoms in total. The molecule has 0 aromatic heterocycles. The fourth-order valence-corrected chi connectivity index (χ4v) is 4.16. The number of aliphatic imine (C=N–C) groups is 1. The van der Waals surface area contributed by atoms with Gasteiger partial charge in [-0.15, -0.1) is 18.2 Å². The minimum absolute atomic E-state index is 0.267. The van der Waals surface area contributed by atoms with Gasteiger partial charge in [0.15, 0.2) is 4.90 Å². The standard InChI is InChI=1S/C17H19F3N4O3S/c1-16(2)14(25)13(24-7-6-23(3)15(24)22-9-21)11-8-10(4-5-12(11)27-16)28(26)17(18,19)20/h4-5,8,13-14,25H,6-7H2,1-3H3. The Balaban J connectivity index is 2.13. The maximum absolute atomic E-state index is 12.9. The SMILES string of the molecule is CN1CCN(C2c3cc([S+]([O-])C(F)(F)F)ccc3OC(C)(C)C2O)C1=NC#N. The van der Waals surface area contributed by atoms with Gasteiger partial charge in [0.25, 0.3) is 0 Å². The van der Waals surface area contributed by atoms with Crippen molar-refractivity contribution in [1.82, 2.24) is 9.80 Å². The molecule has 0 bridgehead atoms. The molecule has 3 unspecified atom stereocenters. The maximum Gasteiger partial charge on any atom is 0.578 e. The number of nitriles is 1. The summed E-state index contributed by atoms with van der Waals surface area (Å²) in [6.45, 7) is 4.25. The number of nitrogens with zero attached hydrogens (tertiary/aromatic N) is 4. The molecule has 2 aliphatic heterocycles. The van der Waals surface area contributed by atoms with Crippen LogP contribution >= 0.6 is 0 Å². The van der Waals surface area contributed by atoms with Gasteiger partial charge < -0.3 is 24.2 Å². The zero-order valence-corrected chi connectivity index (χ0v) is 16.2. The van der Waals surface area contributed by atoms with Crippen LogP contribution in [-0.4, -0.2) is 62.8 Å². The van der Waals surface area contributed by atoms with E-state index in [1.54, 1.807) is 36.9 Å². The van der Waals surface area contributed by atoms with Crippen LogP contribution in [0.25, 0.3) is 0 Å². The Labute approximate surface area is 163 Å². The molecule has 1 fully saturated rings. The number of alkyl halides is 3. The highest BCUT2D eigenvalue weighted by Gasteiger charge is 2.50. The highest BCUT2D eigenvalue weighted by molar-refractivity contribution is 7.92. The Kier molecular flexibility index (Phi) is 5.16. The average molecular weight is 416 g/mol. The lowest BCUT2D eigenvalue weighted by molar-refractivity contribution is -0.0803. The molecule has 2 heterocycles. The lowest BCUT2D eigenvalue weighted by Crippen LogP contribution is -2.54. The molecule has 0 spiro atoms. The molecule has 0 aliphatic carbocycles. The molecule has 28 heavy (non-hydrogen) atoms. The van der Waals surface area contributed by atoms with E-state index in [2.05, 4.69) is 4.99 Å². The Morgan fingerprint density at radius 3 is 2.68 bits per heavy atom. The molecule has 152 valence electrons. The van der Waals surface area contributed by atoms with Crippen LogP contribution in [0.4, 0.5) is 13.2 Å². The quantitative estimate of drug-likeness (QED) is 0.585. The second kappa shape index (κ2) is 7.02. The normalized spacial score (nSPS) is 26.6. The minimum Gasteiger partial charge on any atom is -0.604 e. The van der Waals surface area contributed by atoms with Gasteiger partial charge in [-0.1, -0.05) is 0 Å². The summed E-state index contributed by atoms with van der Waals surface area (Å²) < 4.78 is 56.4. The number of ether oxygens (including phenoxy) is 1. The van der Waals surface area contributed by atoms with Crippen molar-refractivity contribution in [2.24, 2.45) is 4.99 Å². The van der Waals surface area contributed by atoms with Gasteiger partial charge in [0.05, 0.1) is 17.2 Å². The number of guanidine groups is 1. The molecule has 0 radical (unpaired) electrons. The van der Waals surface area contributed by atoms with Crippen molar-refractivity contribution in [2.75, 3.05) is 20.1 Å². The minimum atomic E-state index is -4.90. The highest BCUT2D eigenvalue weighted by atomic mass is 32.2. The van der Waals surface area contributed by atoms with Gasteiger partial charge in [-0.2, -0.15) is 5.26 Å². The Hall–Kier alpha value is -2.16. The van der Waals surface area contributed by atoms with Crippen LogP contribution in [-0.2, 0) is 11.2 Å². The van der Waals surface area contributed by atoms with Crippen molar-refractivity contribution in [2.45, 2.75) is 42.0 Å². The first-order chi connectivity index (χ1) is 13.0. The highest BCUT2D eigenvalue weighted by Crippen LogP contribution is 2.45. The number of rotatable bonds is 2. The van der Waals surface area contributed by atoms with Crippen molar-refractivity contribution in [3.05, 3.63) is 23.8 Å². The third-order valence-electron chi connectivity index (χ3n) is 4.87. The van der Waals surface area contributed by atoms with Crippen LogP contribution in [0.15, 0.2) is 28.1 Å². The molecule has 1 aromatic rings. The van der Waals surface area contributed by atoms with E-state index in [9.17, 15) is 22.8 Å². The first-order valence-electron chi connectivity index (χ1n) is 8.41. The maximum atomic E-state index is 12.9. The van der Waals surface area contributed by atoms with Crippen molar-refractivity contribution < 1.29 is 27.6 Å². The molecule has 1 saturated heterocycles. The molecule has 3 rings (SSSR count). The summed E-state index contributed by atoms with van der Waals surface area (Å²) in [7, 11) is 1.73. The van der Waals surface area contributed by atoms with Gasteiger partial charge in [0.2, 0.25) is 12.2 Å². The number of aliphatic hydroxyl groups is 1. The second-order valence-electron chi connectivity index (χ2n) is 7.14. The summed E-state index contributed by atoms with van der Waals surface area (Å²) in [6, 6.07) is 2.76. The smallest absolute Gasteiger partial charge is 0.578 e. The molecule has 0 saturated carbocycles. The largest absolute Gasteiger partial charge is 0.604 e. The zero-order chi connectivity index (χ0) is 20.9.